The second kappa shape index (κ2) is 8.44. The first-order valence-electron chi connectivity index (χ1n) is 8.11. The highest BCUT2D eigenvalue weighted by Gasteiger charge is 2.19. The lowest BCUT2D eigenvalue weighted by molar-refractivity contribution is 0.0883. The molecule has 2 rings (SSSR count). The van der Waals surface area contributed by atoms with Crippen LogP contribution in [-0.4, -0.2) is 64.9 Å². The van der Waals surface area contributed by atoms with E-state index in [4.69, 9.17) is 0 Å². The molecule has 0 aliphatic heterocycles. The third kappa shape index (κ3) is 5.54. The zero-order valence-corrected chi connectivity index (χ0v) is 16.6. The van der Waals surface area contributed by atoms with Gasteiger partial charge in [0.2, 0.25) is 11.9 Å². The molecule has 25 heavy (non-hydrogen) atoms. The third-order valence-corrected chi connectivity index (χ3v) is 3.33. The summed E-state index contributed by atoms with van der Waals surface area (Å²) < 4.78 is 0. The summed E-state index contributed by atoms with van der Waals surface area (Å²) >= 11 is 0. The summed E-state index contributed by atoms with van der Waals surface area (Å²) in [7, 11) is 5.70. The zero-order chi connectivity index (χ0) is 17.9. The van der Waals surface area contributed by atoms with Crippen LogP contribution >= 0.6 is 12.4 Å². The van der Waals surface area contributed by atoms with Crippen molar-refractivity contribution in [3.63, 3.8) is 0 Å². The lowest BCUT2D eigenvalue weighted by Gasteiger charge is -2.25. The van der Waals surface area contributed by atoms with Gasteiger partial charge in [-0.15, -0.1) is 12.4 Å². The van der Waals surface area contributed by atoms with Crippen LogP contribution in [0.4, 0.5) is 17.7 Å². The molecule has 2 heterocycles. The fourth-order valence-electron chi connectivity index (χ4n) is 2.37. The summed E-state index contributed by atoms with van der Waals surface area (Å²) in [4.78, 5) is 21.8. The topological polar surface area (TPSA) is 90.3 Å². The molecule has 2 N–H and O–H groups in total. The Bertz CT molecular complexity index is 703. The number of anilines is 3. The van der Waals surface area contributed by atoms with Gasteiger partial charge in [-0.25, -0.2) is 15.0 Å². The Hall–Kier alpha value is -1.93. The van der Waals surface area contributed by atoms with Gasteiger partial charge < -0.3 is 20.2 Å². The molecule has 0 saturated carbocycles. The smallest absolute Gasteiger partial charge is 0.225 e. The van der Waals surface area contributed by atoms with Crippen molar-refractivity contribution < 1.29 is 5.11 Å². The third-order valence-electron chi connectivity index (χ3n) is 3.33. The number of hydrogen-bond donors (Lipinski definition) is 2. The summed E-state index contributed by atoms with van der Waals surface area (Å²) in [6, 6.07) is 0. The van der Waals surface area contributed by atoms with Crippen molar-refractivity contribution in [1.82, 2.24) is 19.9 Å². The van der Waals surface area contributed by atoms with E-state index in [1.807, 2.05) is 30.9 Å². The summed E-state index contributed by atoms with van der Waals surface area (Å²) in [6.07, 6.45) is 2.69. The van der Waals surface area contributed by atoms with Crippen LogP contribution in [0.15, 0.2) is 6.20 Å². The molecule has 0 aliphatic rings. The first-order valence-corrected chi connectivity index (χ1v) is 8.11. The summed E-state index contributed by atoms with van der Waals surface area (Å²) in [6.45, 7) is 6.84. The molecule has 0 amide bonds. The normalized spacial score (nSPS) is 11.2. The van der Waals surface area contributed by atoms with Gasteiger partial charge in [0.1, 0.15) is 11.0 Å². The van der Waals surface area contributed by atoms with Crippen LogP contribution < -0.4 is 15.1 Å². The first kappa shape index (κ1) is 21.1. The van der Waals surface area contributed by atoms with Gasteiger partial charge in [0, 0.05) is 34.2 Å². The Labute approximate surface area is 155 Å². The van der Waals surface area contributed by atoms with Crippen molar-refractivity contribution >= 4 is 41.2 Å². The molecule has 8 nitrogen and oxygen atoms in total. The number of aromatic nitrogens is 4. The zero-order valence-electron chi connectivity index (χ0n) is 15.7. The lowest BCUT2D eigenvalue weighted by atomic mass is 10.1. The Balaban J connectivity index is 0.00000312. The molecule has 0 saturated heterocycles. The second-order valence-electron chi connectivity index (χ2n) is 6.76. The summed E-state index contributed by atoms with van der Waals surface area (Å²) in [5, 5.41) is 13.2. The van der Waals surface area contributed by atoms with Gasteiger partial charge in [-0.05, 0) is 20.3 Å². The highest BCUT2D eigenvalue weighted by molar-refractivity contribution is 5.87. The van der Waals surface area contributed by atoms with E-state index < -0.39 is 5.60 Å². The van der Waals surface area contributed by atoms with Crippen molar-refractivity contribution in [2.45, 2.75) is 32.8 Å². The number of hydrogen-bond acceptors (Lipinski definition) is 8. The summed E-state index contributed by atoms with van der Waals surface area (Å²) in [5.41, 5.74) is 0.546. The second-order valence-corrected chi connectivity index (χ2v) is 6.76. The predicted molar refractivity (Wildman–Crippen MR) is 105 cm³/mol. The first-order chi connectivity index (χ1) is 11.2. The minimum Gasteiger partial charge on any atom is -0.389 e. The monoisotopic (exact) mass is 369 g/mol. The van der Waals surface area contributed by atoms with E-state index in [1.165, 1.54) is 0 Å². The minimum absolute atomic E-state index is 0. The Morgan fingerprint density at radius 2 is 1.84 bits per heavy atom. The largest absolute Gasteiger partial charge is 0.389 e. The SMILES string of the molecule is CCCNc1nc(N(C)C)c2nc(N(C)CC(C)(C)O)ncc2n1.Cl. The maximum Gasteiger partial charge on any atom is 0.225 e. The fraction of sp³-hybridized carbons (Fsp3) is 0.625. The van der Waals surface area contributed by atoms with Crippen LogP contribution in [-0.2, 0) is 0 Å². The maximum atomic E-state index is 9.99. The van der Waals surface area contributed by atoms with Crippen LogP contribution in [0, 0.1) is 0 Å². The van der Waals surface area contributed by atoms with E-state index in [0.29, 0.717) is 29.5 Å². The Kier molecular flexibility index (Phi) is 7.13. The fourth-order valence-corrected chi connectivity index (χ4v) is 2.37. The lowest BCUT2D eigenvalue weighted by Crippen LogP contribution is -2.37. The summed E-state index contributed by atoms with van der Waals surface area (Å²) in [5.74, 6) is 1.85. The Morgan fingerprint density at radius 3 is 2.40 bits per heavy atom. The molecule has 0 aliphatic carbocycles. The molecule has 2 aromatic rings. The highest BCUT2D eigenvalue weighted by Crippen LogP contribution is 2.24. The molecule has 2 aromatic heterocycles. The quantitative estimate of drug-likeness (QED) is 0.765. The van der Waals surface area contributed by atoms with E-state index in [0.717, 1.165) is 18.8 Å². The van der Waals surface area contributed by atoms with Crippen LogP contribution in [0.1, 0.15) is 27.2 Å². The molecule has 9 heteroatoms. The van der Waals surface area contributed by atoms with Crippen molar-refractivity contribution in [1.29, 1.82) is 0 Å². The molecule has 0 atom stereocenters. The van der Waals surface area contributed by atoms with Gasteiger partial charge in [-0.2, -0.15) is 4.98 Å². The number of aliphatic hydroxyl groups is 1. The van der Waals surface area contributed by atoms with Crippen molar-refractivity contribution in [2.24, 2.45) is 0 Å². The average molecular weight is 370 g/mol. The van der Waals surface area contributed by atoms with E-state index in [-0.39, 0.29) is 12.4 Å². The number of fused-ring (bicyclic) bond motifs is 1. The molecular weight excluding hydrogens is 342 g/mol. The number of halogens is 1. The van der Waals surface area contributed by atoms with Gasteiger partial charge in [-0.3, -0.25) is 0 Å². The van der Waals surface area contributed by atoms with Crippen LogP contribution in [0.2, 0.25) is 0 Å². The van der Waals surface area contributed by atoms with Crippen molar-refractivity contribution in [2.75, 3.05) is 49.3 Å². The number of nitrogens with zero attached hydrogens (tertiary/aromatic N) is 6. The molecule has 0 fully saturated rings. The molecule has 0 bridgehead atoms. The number of nitrogens with one attached hydrogen (secondary N) is 1. The number of rotatable bonds is 7. The molecule has 0 aromatic carbocycles. The Morgan fingerprint density at radius 1 is 1.16 bits per heavy atom. The predicted octanol–water partition coefficient (Wildman–Crippen LogP) is 1.94. The molecule has 0 radical (unpaired) electrons. The van der Waals surface area contributed by atoms with E-state index in [9.17, 15) is 5.11 Å². The highest BCUT2D eigenvalue weighted by atomic mass is 35.5. The van der Waals surface area contributed by atoms with E-state index >= 15 is 0 Å². The molecule has 0 unspecified atom stereocenters. The minimum atomic E-state index is -0.831. The van der Waals surface area contributed by atoms with Crippen molar-refractivity contribution in [3.8, 4) is 0 Å². The van der Waals surface area contributed by atoms with Crippen molar-refractivity contribution in [3.05, 3.63) is 6.20 Å². The van der Waals surface area contributed by atoms with Gasteiger partial charge in [0.25, 0.3) is 0 Å². The van der Waals surface area contributed by atoms with E-state index in [2.05, 4.69) is 32.2 Å². The van der Waals surface area contributed by atoms with Crippen LogP contribution in [0.25, 0.3) is 11.0 Å². The maximum absolute atomic E-state index is 9.99. The van der Waals surface area contributed by atoms with Gasteiger partial charge >= 0.3 is 0 Å². The molecule has 140 valence electrons. The van der Waals surface area contributed by atoms with E-state index in [1.54, 1.807) is 20.0 Å². The average Bonchev–Trinajstić information content (AvgIpc) is 2.49. The van der Waals surface area contributed by atoms with Gasteiger partial charge in [0.15, 0.2) is 5.82 Å². The number of likely N-dealkylation sites (N-methyl/N-ethyl adjacent to an activating group) is 1. The van der Waals surface area contributed by atoms with Gasteiger partial charge in [-0.1, -0.05) is 6.92 Å². The van der Waals surface area contributed by atoms with Crippen LogP contribution in [0.5, 0.6) is 0 Å². The van der Waals surface area contributed by atoms with Crippen LogP contribution in [0.3, 0.4) is 0 Å². The standard InChI is InChI=1S/C16H27N7O.ClH/c1-7-8-17-14-19-11-9-18-15(23(6)10-16(2,3)24)20-12(11)13(21-14)22(4)5;/h9,24H,7-8,10H2,1-6H3,(H,17,19,21);1H. The van der Waals surface area contributed by atoms with Gasteiger partial charge in [0.05, 0.1) is 11.8 Å². The molecule has 0 spiro atoms. The molecular formula is C16H28ClN7O.